The smallest absolute Gasteiger partial charge is 0.0256 e. The van der Waals surface area contributed by atoms with Gasteiger partial charge in [0.15, 0.2) is 0 Å². The summed E-state index contributed by atoms with van der Waals surface area (Å²) in [5, 5.41) is 2.64. The Morgan fingerprint density at radius 3 is 2.31 bits per heavy atom. The third-order valence-electron chi connectivity index (χ3n) is 2.52. The zero-order chi connectivity index (χ0) is 9.42. The molecule has 2 aromatic carbocycles. The molecule has 0 saturated carbocycles. The van der Waals surface area contributed by atoms with E-state index < -0.39 is 0 Å². The summed E-state index contributed by atoms with van der Waals surface area (Å²) < 4.78 is 1.19. The average molecular weight is 235 g/mol. The van der Waals surface area contributed by atoms with Gasteiger partial charge in [-0.15, -0.1) is 0 Å². The van der Waals surface area contributed by atoms with Crippen LogP contribution in [0.1, 0.15) is 11.1 Å². The Balaban J connectivity index is 2.97. The van der Waals surface area contributed by atoms with Crippen LogP contribution in [-0.4, -0.2) is 0 Å². The number of hydrogen-bond donors (Lipinski definition) is 0. The number of hydrogen-bond acceptors (Lipinski definition) is 0. The molecule has 0 N–H and O–H groups in total. The first-order chi connectivity index (χ1) is 6.20. The van der Waals surface area contributed by atoms with E-state index in [1.165, 1.54) is 26.4 Å². The molecule has 66 valence electrons. The highest BCUT2D eigenvalue weighted by Gasteiger charge is 2.02. The molecule has 0 saturated heterocycles. The van der Waals surface area contributed by atoms with Crippen LogP contribution < -0.4 is 0 Å². The van der Waals surface area contributed by atoms with Gasteiger partial charge in [0.25, 0.3) is 0 Å². The topological polar surface area (TPSA) is 0 Å². The summed E-state index contributed by atoms with van der Waals surface area (Å²) in [7, 11) is 0. The second-order valence-electron chi connectivity index (χ2n) is 3.35. The van der Waals surface area contributed by atoms with E-state index in [1.807, 2.05) is 0 Å². The van der Waals surface area contributed by atoms with Crippen LogP contribution in [0.15, 0.2) is 34.8 Å². The Labute approximate surface area is 86.7 Å². The lowest BCUT2D eigenvalue weighted by molar-refractivity contribution is 1.37. The van der Waals surface area contributed by atoms with E-state index in [0.717, 1.165) is 0 Å². The predicted octanol–water partition coefficient (Wildman–Crippen LogP) is 4.22. The fourth-order valence-electron chi connectivity index (χ4n) is 1.61. The fraction of sp³-hybridized carbons (Fsp3) is 0.167. The van der Waals surface area contributed by atoms with E-state index in [2.05, 4.69) is 60.1 Å². The molecule has 2 aromatic rings. The van der Waals surface area contributed by atoms with Gasteiger partial charge in [-0.25, -0.2) is 0 Å². The number of rotatable bonds is 0. The minimum Gasteiger partial charge on any atom is -0.0616 e. The molecular formula is C12H11Br. The normalized spacial score (nSPS) is 10.7. The summed E-state index contributed by atoms with van der Waals surface area (Å²) in [6, 6.07) is 10.6. The lowest BCUT2D eigenvalue weighted by atomic mass is 10.0. The van der Waals surface area contributed by atoms with Crippen LogP contribution in [0.2, 0.25) is 0 Å². The zero-order valence-electron chi connectivity index (χ0n) is 7.76. The molecule has 0 fully saturated rings. The summed E-state index contributed by atoms with van der Waals surface area (Å²) in [6.07, 6.45) is 0. The summed E-state index contributed by atoms with van der Waals surface area (Å²) >= 11 is 3.58. The first-order valence-electron chi connectivity index (χ1n) is 4.34. The van der Waals surface area contributed by atoms with Crippen LogP contribution in [0.4, 0.5) is 0 Å². The molecule has 0 nitrogen and oxygen atoms in total. The monoisotopic (exact) mass is 234 g/mol. The number of benzene rings is 2. The van der Waals surface area contributed by atoms with Crippen LogP contribution >= 0.6 is 15.9 Å². The third-order valence-corrected chi connectivity index (χ3v) is 3.18. The minimum atomic E-state index is 1.19. The summed E-state index contributed by atoms with van der Waals surface area (Å²) in [6.45, 7) is 4.32. The van der Waals surface area contributed by atoms with Crippen molar-refractivity contribution in [2.24, 2.45) is 0 Å². The maximum Gasteiger partial charge on any atom is 0.0256 e. The van der Waals surface area contributed by atoms with E-state index in [9.17, 15) is 0 Å². The molecule has 2 rings (SSSR count). The van der Waals surface area contributed by atoms with Gasteiger partial charge in [-0.1, -0.05) is 40.2 Å². The van der Waals surface area contributed by atoms with Crippen molar-refractivity contribution in [2.75, 3.05) is 0 Å². The average Bonchev–Trinajstić information content (AvgIpc) is 2.15. The highest BCUT2D eigenvalue weighted by atomic mass is 79.9. The second-order valence-corrected chi connectivity index (χ2v) is 4.20. The quantitative estimate of drug-likeness (QED) is 0.641. The van der Waals surface area contributed by atoms with Crippen molar-refractivity contribution in [1.29, 1.82) is 0 Å². The van der Waals surface area contributed by atoms with Gasteiger partial charge in [0, 0.05) is 4.47 Å². The molecule has 0 aliphatic carbocycles. The van der Waals surface area contributed by atoms with Crippen LogP contribution in [0, 0.1) is 13.8 Å². The van der Waals surface area contributed by atoms with E-state index in [4.69, 9.17) is 0 Å². The van der Waals surface area contributed by atoms with E-state index in [1.54, 1.807) is 0 Å². The van der Waals surface area contributed by atoms with Crippen molar-refractivity contribution in [1.82, 2.24) is 0 Å². The molecule has 0 heterocycles. The molecule has 13 heavy (non-hydrogen) atoms. The van der Waals surface area contributed by atoms with Crippen LogP contribution in [-0.2, 0) is 0 Å². The first-order valence-corrected chi connectivity index (χ1v) is 5.14. The number of aryl methyl sites for hydroxylation is 2. The Morgan fingerprint density at radius 1 is 1.00 bits per heavy atom. The van der Waals surface area contributed by atoms with Gasteiger partial charge in [-0.2, -0.15) is 0 Å². The molecule has 1 heteroatoms. The van der Waals surface area contributed by atoms with Crippen LogP contribution in [0.3, 0.4) is 0 Å². The molecule has 0 aliphatic heterocycles. The molecule has 0 bridgehead atoms. The maximum absolute atomic E-state index is 3.58. The van der Waals surface area contributed by atoms with E-state index in [0.29, 0.717) is 0 Å². The molecule has 0 amide bonds. The largest absolute Gasteiger partial charge is 0.0616 e. The highest BCUT2D eigenvalue weighted by Crippen LogP contribution is 2.28. The van der Waals surface area contributed by atoms with Gasteiger partial charge in [0.1, 0.15) is 0 Å². The first kappa shape index (κ1) is 8.76. The molecule has 0 aliphatic rings. The second kappa shape index (κ2) is 3.15. The van der Waals surface area contributed by atoms with Gasteiger partial charge in [0.05, 0.1) is 0 Å². The van der Waals surface area contributed by atoms with Crippen molar-refractivity contribution >= 4 is 26.7 Å². The van der Waals surface area contributed by atoms with Gasteiger partial charge < -0.3 is 0 Å². The Hall–Kier alpha value is -0.820. The lowest BCUT2D eigenvalue weighted by Crippen LogP contribution is -1.84. The SMILES string of the molecule is Cc1cc(Br)c2ccccc2c1C. The standard InChI is InChI=1S/C12H11Br/c1-8-7-12(13)11-6-4-3-5-10(11)9(8)2/h3-7H,1-2H3. The highest BCUT2D eigenvalue weighted by molar-refractivity contribution is 9.10. The number of halogens is 1. The van der Waals surface area contributed by atoms with Gasteiger partial charge >= 0.3 is 0 Å². The summed E-state index contributed by atoms with van der Waals surface area (Å²) in [5.74, 6) is 0. The molecule has 0 radical (unpaired) electrons. The van der Waals surface area contributed by atoms with Gasteiger partial charge in [0.2, 0.25) is 0 Å². The van der Waals surface area contributed by atoms with Crippen molar-refractivity contribution < 1.29 is 0 Å². The van der Waals surface area contributed by atoms with E-state index in [-0.39, 0.29) is 0 Å². The predicted molar refractivity (Wildman–Crippen MR) is 61.1 cm³/mol. The lowest BCUT2D eigenvalue weighted by Gasteiger charge is -2.07. The Morgan fingerprint density at radius 2 is 1.62 bits per heavy atom. The Kier molecular flexibility index (Phi) is 2.12. The van der Waals surface area contributed by atoms with Crippen molar-refractivity contribution in [3.63, 3.8) is 0 Å². The molecule has 0 unspecified atom stereocenters. The van der Waals surface area contributed by atoms with Gasteiger partial charge in [-0.05, 0) is 41.8 Å². The van der Waals surface area contributed by atoms with Crippen molar-refractivity contribution in [3.8, 4) is 0 Å². The van der Waals surface area contributed by atoms with E-state index >= 15 is 0 Å². The van der Waals surface area contributed by atoms with Crippen molar-refractivity contribution in [3.05, 3.63) is 45.9 Å². The third kappa shape index (κ3) is 1.37. The van der Waals surface area contributed by atoms with Crippen molar-refractivity contribution in [2.45, 2.75) is 13.8 Å². The van der Waals surface area contributed by atoms with Crippen LogP contribution in [0.5, 0.6) is 0 Å². The number of fused-ring (bicyclic) bond motifs is 1. The van der Waals surface area contributed by atoms with Crippen LogP contribution in [0.25, 0.3) is 10.8 Å². The molecule has 0 aromatic heterocycles. The van der Waals surface area contributed by atoms with Gasteiger partial charge in [-0.3, -0.25) is 0 Å². The minimum absolute atomic E-state index is 1.19. The fourth-order valence-corrected chi connectivity index (χ4v) is 2.30. The Bertz CT molecular complexity index is 458. The zero-order valence-corrected chi connectivity index (χ0v) is 9.35. The summed E-state index contributed by atoms with van der Waals surface area (Å²) in [5.41, 5.74) is 2.71. The molecule has 0 spiro atoms. The maximum atomic E-state index is 3.58. The molecule has 0 atom stereocenters. The molecular weight excluding hydrogens is 224 g/mol. The summed E-state index contributed by atoms with van der Waals surface area (Å²) in [4.78, 5) is 0.